The summed E-state index contributed by atoms with van der Waals surface area (Å²) in [6.45, 7) is 0.455. The summed E-state index contributed by atoms with van der Waals surface area (Å²) in [4.78, 5) is 30.4. The van der Waals surface area contributed by atoms with Gasteiger partial charge >= 0.3 is 0 Å². The van der Waals surface area contributed by atoms with Crippen LogP contribution in [-0.4, -0.2) is 42.8 Å². The molecule has 1 aromatic carbocycles. The van der Waals surface area contributed by atoms with Crippen molar-refractivity contribution in [1.82, 2.24) is 10.3 Å². The van der Waals surface area contributed by atoms with Crippen LogP contribution in [-0.2, 0) is 4.79 Å². The smallest absolute Gasteiger partial charge is 0.271 e. The van der Waals surface area contributed by atoms with E-state index in [4.69, 9.17) is 4.74 Å². The molecule has 24 heavy (non-hydrogen) atoms. The summed E-state index contributed by atoms with van der Waals surface area (Å²) in [6.07, 6.45) is 2.21. The molecule has 1 fully saturated rings. The van der Waals surface area contributed by atoms with Crippen molar-refractivity contribution >= 4 is 40.6 Å². The highest BCUT2D eigenvalue weighted by Gasteiger charge is 2.32. The number of methoxy groups -OCH3 is 1. The van der Waals surface area contributed by atoms with E-state index in [1.165, 1.54) is 23.1 Å². The number of carbonyl (C=O) groups is 2. The standard InChI is InChI=1S/C16H17N3O3S2/c1-22-12-5-3-11(4-6-12)19-8-10(7-14(19)20)17-15(21)13-9-24-16(18-13)23-2/h3-6,9-10H,7-8H2,1-2H3,(H,17,21). The molecular weight excluding hydrogens is 346 g/mol. The fourth-order valence-corrected chi connectivity index (χ4v) is 3.77. The molecule has 0 bridgehead atoms. The number of hydrogen-bond acceptors (Lipinski definition) is 6. The molecule has 1 unspecified atom stereocenters. The number of anilines is 1. The van der Waals surface area contributed by atoms with E-state index in [1.807, 2.05) is 30.5 Å². The van der Waals surface area contributed by atoms with Gasteiger partial charge in [-0.25, -0.2) is 4.98 Å². The molecule has 2 aromatic rings. The van der Waals surface area contributed by atoms with Crippen molar-refractivity contribution in [2.24, 2.45) is 0 Å². The summed E-state index contributed by atoms with van der Waals surface area (Å²) < 4.78 is 5.97. The van der Waals surface area contributed by atoms with Crippen LogP contribution in [0, 0.1) is 0 Å². The lowest BCUT2D eigenvalue weighted by molar-refractivity contribution is -0.117. The third-order valence-corrected chi connectivity index (χ3v) is 5.60. The number of thioether (sulfide) groups is 1. The van der Waals surface area contributed by atoms with Crippen LogP contribution in [0.4, 0.5) is 5.69 Å². The minimum atomic E-state index is -0.235. The lowest BCUT2D eigenvalue weighted by Gasteiger charge is -2.17. The van der Waals surface area contributed by atoms with Gasteiger partial charge in [-0.2, -0.15) is 0 Å². The van der Waals surface area contributed by atoms with E-state index in [0.29, 0.717) is 12.2 Å². The number of rotatable bonds is 5. The zero-order valence-electron chi connectivity index (χ0n) is 13.3. The van der Waals surface area contributed by atoms with Crippen molar-refractivity contribution in [3.63, 3.8) is 0 Å². The SMILES string of the molecule is COc1ccc(N2CC(NC(=O)c3csc(SC)n3)CC2=O)cc1. The van der Waals surface area contributed by atoms with Crippen LogP contribution in [0.25, 0.3) is 0 Å². The van der Waals surface area contributed by atoms with Crippen LogP contribution in [0.5, 0.6) is 5.75 Å². The largest absolute Gasteiger partial charge is 0.497 e. The fourth-order valence-electron chi connectivity index (χ4n) is 2.53. The van der Waals surface area contributed by atoms with E-state index >= 15 is 0 Å². The van der Waals surface area contributed by atoms with Crippen molar-refractivity contribution in [3.05, 3.63) is 35.3 Å². The molecule has 1 atom stereocenters. The molecule has 126 valence electrons. The van der Waals surface area contributed by atoms with Crippen LogP contribution in [0.15, 0.2) is 34.0 Å². The monoisotopic (exact) mass is 363 g/mol. The zero-order valence-corrected chi connectivity index (χ0v) is 14.9. The highest BCUT2D eigenvalue weighted by molar-refractivity contribution is 8.00. The van der Waals surface area contributed by atoms with E-state index in [1.54, 1.807) is 17.4 Å². The number of ether oxygens (including phenoxy) is 1. The molecule has 1 aliphatic heterocycles. The first-order valence-electron chi connectivity index (χ1n) is 7.35. The van der Waals surface area contributed by atoms with Gasteiger partial charge in [-0.15, -0.1) is 11.3 Å². The molecule has 0 spiro atoms. The van der Waals surface area contributed by atoms with Crippen molar-refractivity contribution in [3.8, 4) is 5.75 Å². The maximum Gasteiger partial charge on any atom is 0.271 e. The summed E-state index contributed by atoms with van der Waals surface area (Å²) in [6, 6.07) is 7.09. The molecule has 2 heterocycles. The highest BCUT2D eigenvalue weighted by Crippen LogP contribution is 2.24. The lowest BCUT2D eigenvalue weighted by Crippen LogP contribution is -2.37. The summed E-state index contributed by atoms with van der Waals surface area (Å²) >= 11 is 2.94. The number of amides is 2. The molecule has 0 saturated carbocycles. The molecular formula is C16H17N3O3S2. The molecule has 1 saturated heterocycles. The Morgan fingerprint density at radius 3 is 2.79 bits per heavy atom. The average molecular weight is 363 g/mol. The zero-order chi connectivity index (χ0) is 17.1. The molecule has 1 aliphatic rings. The number of hydrogen-bond donors (Lipinski definition) is 1. The average Bonchev–Trinajstić information content (AvgIpc) is 3.21. The van der Waals surface area contributed by atoms with Gasteiger partial charge in [0.25, 0.3) is 5.91 Å². The molecule has 8 heteroatoms. The molecule has 6 nitrogen and oxygen atoms in total. The molecule has 1 N–H and O–H groups in total. The Hall–Kier alpha value is -2.06. The summed E-state index contributed by atoms with van der Waals surface area (Å²) in [5.41, 5.74) is 1.20. The second-order valence-electron chi connectivity index (χ2n) is 5.28. The van der Waals surface area contributed by atoms with Crippen LogP contribution in [0.1, 0.15) is 16.9 Å². The second kappa shape index (κ2) is 7.23. The van der Waals surface area contributed by atoms with Gasteiger partial charge in [0.05, 0.1) is 13.2 Å². The molecule has 1 aromatic heterocycles. The second-order valence-corrected chi connectivity index (χ2v) is 7.19. The Morgan fingerprint density at radius 1 is 1.42 bits per heavy atom. The van der Waals surface area contributed by atoms with Gasteiger partial charge in [0.1, 0.15) is 15.8 Å². The molecule has 3 rings (SSSR count). The number of aromatic nitrogens is 1. The van der Waals surface area contributed by atoms with Crippen LogP contribution in [0.3, 0.4) is 0 Å². The van der Waals surface area contributed by atoms with Crippen molar-refractivity contribution < 1.29 is 14.3 Å². The molecule has 0 radical (unpaired) electrons. The van der Waals surface area contributed by atoms with Gasteiger partial charge in [-0.1, -0.05) is 11.8 Å². The molecule has 0 aliphatic carbocycles. The van der Waals surface area contributed by atoms with Gasteiger partial charge in [0, 0.05) is 24.0 Å². The first-order valence-corrected chi connectivity index (χ1v) is 9.46. The summed E-state index contributed by atoms with van der Waals surface area (Å²) in [7, 11) is 1.60. The van der Waals surface area contributed by atoms with E-state index in [0.717, 1.165) is 15.8 Å². The minimum absolute atomic E-state index is 0.00597. The number of nitrogens with one attached hydrogen (secondary N) is 1. The van der Waals surface area contributed by atoms with E-state index in [2.05, 4.69) is 10.3 Å². The first kappa shape index (κ1) is 16.8. The van der Waals surface area contributed by atoms with E-state index in [9.17, 15) is 9.59 Å². The van der Waals surface area contributed by atoms with E-state index < -0.39 is 0 Å². The van der Waals surface area contributed by atoms with Crippen molar-refractivity contribution in [2.45, 2.75) is 16.8 Å². The maximum atomic E-state index is 12.2. The number of nitrogens with zero attached hydrogens (tertiary/aromatic N) is 2. The Kier molecular flexibility index (Phi) is 5.06. The number of thiazole rings is 1. The lowest BCUT2D eigenvalue weighted by atomic mass is 10.2. The fraction of sp³-hybridized carbons (Fsp3) is 0.312. The predicted octanol–water partition coefficient (Wildman–Crippen LogP) is 2.41. The topological polar surface area (TPSA) is 71.5 Å². The Morgan fingerprint density at radius 2 is 2.17 bits per heavy atom. The maximum absolute atomic E-state index is 12.2. The third-order valence-electron chi connectivity index (χ3n) is 3.73. The van der Waals surface area contributed by atoms with Crippen molar-refractivity contribution in [2.75, 3.05) is 24.8 Å². The van der Waals surface area contributed by atoms with Gasteiger partial charge in [-0.05, 0) is 30.5 Å². The van der Waals surface area contributed by atoms with Crippen LogP contribution < -0.4 is 15.0 Å². The van der Waals surface area contributed by atoms with Crippen molar-refractivity contribution in [1.29, 1.82) is 0 Å². The first-order chi connectivity index (χ1) is 11.6. The Labute approximate surface area is 148 Å². The Balaban J connectivity index is 1.64. The Bertz CT molecular complexity index is 745. The summed E-state index contributed by atoms with van der Waals surface area (Å²) in [5.74, 6) is 0.498. The minimum Gasteiger partial charge on any atom is -0.497 e. The van der Waals surface area contributed by atoms with Crippen LogP contribution in [0.2, 0.25) is 0 Å². The third kappa shape index (κ3) is 3.54. The number of carbonyl (C=O) groups excluding carboxylic acids is 2. The van der Waals surface area contributed by atoms with E-state index in [-0.39, 0.29) is 24.3 Å². The normalized spacial score (nSPS) is 17.2. The quantitative estimate of drug-likeness (QED) is 0.826. The van der Waals surface area contributed by atoms with Gasteiger partial charge in [0.2, 0.25) is 5.91 Å². The van der Waals surface area contributed by atoms with Crippen LogP contribution >= 0.6 is 23.1 Å². The van der Waals surface area contributed by atoms with Gasteiger partial charge < -0.3 is 15.0 Å². The van der Waals surface area contributed by atoms with Gasteiger partial charge in [0.15, 0.2) is 0 Å². The highest BCUT2D eigenvalue weighted by atomic mass is 32.2. The molecule has 2 amide bonds. The predicted molar refractivity (Wildman–Crippen MR) is 95.1 cm³/mol. The van der Waals surface area contributed by atoms with Gasteiger partial charge in [-0.3, -0.25) is 9.59 Å². The number of benzene rings is 1. The summed E-state index contributed by atoms with van der Waals surface area (Å²) in [5, 5.41) is 4.63.